The van der Waals surface area contributed by atoms with Gasteiger partial charge in [0.25, 0.3) is 0 Å². The van der Waals surface area contributed by atoms with Crippen molar-refractivity contribution in [2.45, 2.75) is 70.4 Å². The highest BCUT2D eigenvalue weighted by molar-refractivity contribution is 6.30. The number of nitrogens with zero attached hydrogens (tertiary/aromatic N) is 3. The fourth-order valence-electron chi connectivity index (χ4n) is 6.45. The van der Waals surface area contributed by atoms with Gasteiger partial charge < -0.3 is 4.90 Å². The van der Waals surface area contributed by atoms with Crippen LogP contribution in [0.15, 0.2) is 36.4 Å². The maximum Gasteiger partial charge on any atom is 0.227 e. The molecule has 3 aliphatic rings. The number of rotatable bonds is 6. The van der Waals surface area contributed by atoms with Gasteiger partial charge in [-0.15, -0.1) is 0 Å². The van der Waals surface area contributed by atoms with Crippen LogP contribution in [0, 0.1) is 17.6 Å². The standard InChI is InChI=1S/C31H41ClF2N4O/c1-20(35-38-12-5-13-38)26-16-22(32)6-8-24(26)21-10-14-36(15-11-21)30(39)28-19-37(31(2,3)4)18-27(28)25-9-7-23(33)17-29(25)34/h6-9,16-17,20-21,27-28,35H,5,10-15,18-19H2,1-4H3/t20-,27-,28?/m0/s1. The molecular weight excluding hydrogens is 518 g/mol. The Morgan fingerprint density at radius 2 is 1.69 bits per heavy atom. The van der Waals surface area contributed by atoms with Crippen LogP contribution in [0.2, 0.25) is 5.02 Å². The van der Waals surface area contributed by atoms with E-state index in [0.717, 1.165) is 37.0 Å². The molecule has 3 aliphatic heterocycles. The second-order valence-electron chi connectivity index (χ2n) is 12.5. The molecule has 212 valence electrons. The molecule has 3 atom stereocenters. The molecule has 0 aromatic heterocycles. The molecule has 39 heavy (non-hydrogen) atoms. The maximum atomic E-state index is 14.9. The van der Waals surface area contributed by atoms with Gasteiger partial charge in [0, 0.05) is 67.9 Å². The van der Waals surface area contributed by atoms with Crippen molar-refractivity contribution < 1.29 is 13.6 Å². The van der Waals surface area contributed by atoms with Gasteiger partial charge in [0.05, 0.1) is 5.92 Å². The third kappa shape index (κ3) is 6.17. The van der Waals surface area contributed by atoms with Crippen LogP contribution < -0.4 is 5.43 Å². The van der Waals surface area contributed by atoms with E-state index >= 15 is 0 Å². The quantitative estimate of drug-likeness (QED) is 0.464. The van der Waals surface area contributed by atoms with Gasteiger partial charge in [-0.2, -0.15) is 0 Å². The summed E-state index contributed by atoms with van der Waals surface area (Å²) in [5.41, 5.74) is 6.41. The summed E-state index contributed by atoms with van der Waals surface area (Å²) in [4.78, 5) is 18.2. The third-order valence-corrected chi connectivity index (χ3v) is 9.18. The molecule has 2 aromatic carbocycles. The van der Waals surface area contributed by atoms with E-state index in [0.29, 0.717) is 37.7 Å². The first-order valence-electron chi connectivity index (χ1n) is 14.3. The third-order valence-electron chi connectivity index (χ3n) is 8.94. The number of amides is 1. The Labute approximate surface area is 236 Å². The number of hydrazine groups is 1. The fourth-order valence-corrected chi connectivity index (χ4v) is 6.63. The zero-order valence-corrected chi connectivity index (χ0v) is 24.3. The Morgan fingerprint density at radius 3 is 2.31 bits per heavy atom. The molecule has 3 saturated heterocycles. The molecular formula is C31H41ClF2N4O. The lowest BCUT2D eigenvalue weighted by Gasteiger charge is -2.37. The van der Waals surface area contributed by atoms with E-state index in [1.165, 1.54) is 29.7 Å². The number of nitrogens with one attached hydrogen (secondary N) is 1. The van der Waals surface area contributed by atoms with Crippen molar-refractivity contribution in [2.75, 3.05) is 39.3 Å². The molecule has 0 bridgehead atoms. The molecule has 3 fully saturated rings. The number of piperidine rings is 1. The molecule has 1 N–H and O–H groups in total. The van der Waals surface area contributed by atoms with Crippen molar-refractivity contribution >= 4 is 17.5 Å². The topological polar surface area (TPSA) is 38.8 Å². The fraction of sp³-hybridized carbons (Fsp3) is 0.581. The molecule has 0 spiro atoms. The molecule has 8 heteroatoms. The summed E-state index contributed by atoms with van der Waals surface area (Å²) < 4.78 is 28.5. The number of benzene rings is 2. The number of halogens is 3. The van der Waals surface area contributed by atoms with Crippen LogP contribution >= 0.6 is 11.6 Å². The Hall–Kier alpha value is -2.06. The van der Waals surface area contributed by atoms with E-state index in [4.69, 9.17) is 11.6 Å². The molecule has 5 nitrogen and oxygen atoms in total. The smallest absolute Gasteiger partial charge is 0.227 e. The molecule has 3 heterocycles. The van der Waals surface area contributed by atoms with Crippen LogP contribution in [-0.4, -0.2) is 65.5 Å². The lowest BCUT2D eigenvalue weighted by atomic mass is 9.83. The maximum absolute atomic E-state index is 14.9. The summed E-state index contributed by atoms with van der Waals surface area (Å²) in [6, 6.07) is 10.1. The van der Waals surface area contributed by atoms with Crippen LogP contribution in [0.1, 0.15) is 81.5 Å². The van der Waals surface area contributed by atoms with Crippen LogP contribution in [0.3, 0.4) is 0 Å². The van der Waals surface area contributed by atoms with Gasteiger partial charge in [-0.1, -0.05) is 23.7 Å². The minimum atomic E-state index is -0.595. The Kier molecular flexibility index (Phi) is 8.35. The highest BCUT2D eigenvalue weighted by atomic mass is 35.5. The zero-order chi connectivity index (χ0) is 27.9. The van der Waals surface area contributed by atoms with E-state index in [9.17, 15) is 13.6 Å². The van der Waals surface area contributed by atoms with Gasteiger partial charge in [0.2, 0.25) is 5.91 Å². The SMILES string of the molecule is C[C@H](NN1CCC1)c1cc(Cl)ccc1C1CCN(C(=O)C2CN(C(C)(C)C)C[C@H]2c2ccc(F)cc2F)CC1. The van der Waals surface area contributed by atoms with Crippen molar-refractivity contribution in [3.8, 4) is 0 Å². The largest absolute Gasteiger partial charge is 0.342 e. The molecule has 0 saturated carbocycles. The second kappa shape index (κ2) is 11.4. The summed E-state index contributed by atoms with van der Waals surface area (Å²) in [6.07, 6.45) is 2.97. The van der Waals surface area contributed by atoms with Crippen molar-refractivity contribution in [2.24, 2.45) is 5.92 Å². The van der Waals surface area contributed by atoms with Crippen LogP contribution in [-0.2, 0) is 4.79 Å². The van der Waals surface area contributed by atoms with E-state index in [-0.39, 0.29) is 29.3 Å². The van der Waals surface area contributed by atoms with Crippen LogP contribution in [0.5, 0.6) is 0 Å². The Morgan fingerprint density at radius 1 is 1.00 bits per heavy atom. The monoisotopic (exact) mass is 558 g/mol. The highest BCUT2D eigenvalue weighted by Gasteiger charge is 2.44. The number of carbonyl (C=O) groups is 1. The summed E-state index contributed by atoms with van der Waals surface area (Å²) in [5.74, 6) is -1.38. The van der Waals surface area contributed by atoms with E-state index in [1.807, 2.05) is 11.0 Å². The lowest BCUT2D eigenvalue weighted by molar-refractivity contribution is -0.136. The van der Waals surface area contributed by atoms with E-state index in [1.54, 1.807) is 0 Å². The minimum absolute atomic E-state index is 0.0815. The molecule has 5 rings (SSSR count). The van der Waals surface area contributed by atoms with Crippen molar-refractivity contribution in [1.29, 1.82) is 0 Å². The Bertz CT molecular complexity index is 1190. The average Bonchev–Trinajstić information content (AvgIpc) is 3.31. The van der Waals surface area contributed by atoms with Gasteiger partial charge in [0.15, 0.2) is 0 Å². The second-order valence-corrected chi connectivity index (χ2v) is 13.0. The van der Waals surface area contributed by atoms with E-state index in [2.05, 4.69) is 55.2 Å². The first kappa shape index (κ1) is 28.5. The first-order valence-corrected chi connectivity index (χ1v) is 14.7. The Balaban J connectivity index is 1.30. The molecule has 1 unspecified atom stereocenters. The summed E-state index contributed by atoms with van der Waals surface area (Å²) in [5, 5.41) is 2.99. The number of likely N-dealkylation sites (tertiary alicyclic amines) is 2. The van der Waals surface area contributed by atoms with Gasteiger partial charge in [-0.25, -0.2) is 19.2 Å². The predicted octanol–water partition coefficient (Wildman–Crippen LogP) is 6.11. The number of carbonyl (C=O) groups excluding carboxylic acids is 1. The lowest BCUT2D eigenvalue weighted by Crippen LogP contribution is -2.48. The molecule has 0 aliphatic carbocycles. The minimum Gasteiger partial charge on any atom is -0.342 e. The van der Waals surface area contributed by atoms with Crippen molar-refractivity contribution in [3.63, 3.8) is 0 Å². The van der Waals surface area contributed by atoms with Gasteiger partial charge in [-0.3, -0.25) is 9.69 Å². The number of hydrogen-bond acceptors (Lipinski definition) is 4. The number of hydrogen-bond donors (Lipinski definition) is 1. The van der Waals surface area contributed by atoms with Gasteiger partial charge >= 0.3 is 0 Å². The van der Waals surface area contributed by atoms with Crippen molar-refractivity contribution in [3.05, 3.63) is 69.7 Å². The summed E-state index contributed by atoms with van der Waals surface area (Å²) in [7, 11) is 0. The zero-order valence-electron chi connectivity index (χ0n) is 23.5. The van der Waals surface area contributed by atoms with Crippen molar-refractivity contribution in [1.82, 2.24) is 20.2 Å². The van der Waals surface area contributed by atoms with Crippen LogP contribution in [0.4, 0.5) is 8.78 Å². The van der Waals surface area contributed by atoms with E-state index < -0.39 is 11.6 Å². The predicted molar refractivity (Wildman–Crippen MR) is 152 cm³/mol. The van der Waals surface area contributed by atoms with Gasteiger partial charge in [-0.05, 0) is 87.8 Å². The molecule has 0 radical (unpaired) electrons. The molecule has 2 aromatic rings. The first-order chi connectivity index (χ1) is 18.5. The van der Waals surface area contributed by atoms with Crippen LogP contribution in [0.25, 0.3) is 0 Å². The van der Waals surface area contributed by atoms with Gasteiger partial charge in [0.1, 0.15) is 11.6 Å². The summed E-state index contributed by atoms with van der Waals surface area (Å²) >= 11 is 6.40. The average molecular weight is 559 g/mol. The highest BCUT2D eigenvalue weighted by Crippen LogP contribution is 2.40. The summed E-state index contributed by atoms with van der Waals surface area (Å²) in [6.45, 7) is 13.2. The molecule has 1 amide bonds. The normalized spacial score (nSPS) is 24.1.